The fraction of sp³-hybridized carbons (Fsp3) is 0.941. The Kier molecular flexibility index (Phi) is 3.86. The van der Waals surface area contributed by atoms with E-state index in [4.69, 9.17) is 17.0 Å². The molecule has 0 aromatic heterocycles. The molecule has 4 heteroatoms. The number of rotatable bonds is 4. The molecule has 0 radical (unpaired) electrons. The Morgan fingerprint density at radius 1 is 1.05 bits per heavy atom. The third-order valence-electron chi connectivity index (χ3n) is 6.30. The van der Waals surface area contributed by atoms with E-state index in [0.29, 0.717) is 11.5 Å². The van der Waals surface area contributed by atoms with E-state index in [0.717, 1.165) is 42.6 Å². The van der Waals surface area contributed by atoms with Gasteiger partial charge < -0.3 is 15.4 Å². The van der Waals surface area contributed by atoms with Crippen molar-refractivity contribution in [2.45, 2.75) is 57.5 Å². The zero-order valence-corrected chi connectivity index (χ0v) is 13.7. The first-order valence-corrected chi connectivity index (χ1v) is 9.25. The lowest BCUT2D eigenvalue weighted by atomic mass is 9.49. The minimum absolute atomic E-state index is 0.365. The summed E-state index contributed by atoms with van der Waals surface area (Å²) in [4.78, 5) is 0. The van der Waals surface area contributed by atoms with E-state index in [1.54, 1.807) is 0 Å². The number of ether oxygens (including phenoxy) is 1. The Morgan fingerprint density at radius 3 is 2.29 bits per heavy atom. The van der Waals surface area contributed by atoms with Gasteiger partial charge in [-0.3, -0.25) is 0 Å². The van der Waals surface area contributed by atoms with Crippen molar-refractivity contribution in [1.82, 2.24) is 10.6 Å². The lowest BCUT2D eigenvalue weighted by molar-refractivity contribution is -0.0491. The van der Waals surface area contributed by atoms with Crippen molar-refractivity contribution in [1.29, 1.82) is 0 Å². The third kappa shape index (κ3) is 3.07. The number of hydrogen-bond donors (Lipinski definition) is 2. The molecule has 0 spiro atoms. The van der Waals surface area contributed by atoms with Crippen molar-refractivity contribution in [3.05, 3.63) is 0 Å². The quantitative estimate of drug-likeness (QED) is 0.783. The monoisotopic (exact) mass is 308 g/mol. The van der Waals surface area contributed by atoms with Crippen LogP contribution >= 0.6 is 12.2 Å². The normalized spacial score (nSPS) is 44.0. The second-order valence-corrected chi connectivity index (χ2v) is 8.52. The molecule has 1 heterocycles. The fourth-order valence-corrected chi connectivity index (χ4v) is 6.00. The van der Waals surface area contributed by atoms with Gasteiger partial charge in [0, 0.05) is 19.7 Å². The van der Waals surface area contributed by atoms with Crippen LogP contribution in [0.25, 0.3) is 0 Å². The summed E-state index contributed by atoms with van der Waals surface area (Å²) in [6.07, 6.45) is 11.6. The maximum absolute atomic E-state index is 5.63. The smallest absolute Gasteiger partial charge is 0.166 e. The molecule has 5 fully saturated rings. The van der Waals surface area contributed by atoms with Crippen LogP contribution < -0.4 is 10.6 Å². The molecule has 21 heavy (non-hydrogen) atoms. The van der Waals surface area contributed by atoms with Gasteiger partial charge in [-0.1, -0.05) is 0 Å². The summed E-state index contributed by atoms with van der Waals surface area (Å²) < 4.78 is 5.63. The topological polar surface area (TPSA) is 33.3 Å². The molecule has 5 aliphatic rings. The van der Waals surface area contributed by atoms with Crippen LogP contribution in [0.1, 0.15) is 51.4 Å². The van der Waals surface area contributed by atoms with Gasteiger partial charge >= 0.3 is 0 Å². The highest BCUT2D eigenvalue weighted by atomic mass is 32.1. The molecule has 0 aromatic carbocycles. The van der Waals surface area contributed by atoms with Crippen molar-refractivity contribution in [2.75, 3.05) is 19.7 Å². The van der Waals surface area contributed by atoms with E-state index in [9.17, 15) is 0 Å². The molecule has 1 saturated heterocycles. The van der Waals surface area contributed by atoms with E-state index < -0.39 is 0 Å². The third-order valence-corrected chi connectivity index (χ3v) is 6.59. The van der Waals surface area contributed by atoms with Crippen LogP contribution in [0.5, 0.6) is 0 Å². The first kappa shape index (κ1) is 14.3. The summed E-state index contributed by atoms with van der Waals surface area (Å²) in [5.41, 5.74) is 0.560. The molecular weight excluding hydrogens is 280 g/mol. The zero-order valence-electron chi connectivity index (χ0n) is 12.9. The molecule has 1 aliphatic heterocycles. The van der Waals surface area contributed by atoms with E-state index in [-0.39, 0.29) is 0 Å². The predicted molar refractivity (Wildman–Crippen MR) is 88.2 cm³/mol. The Hall–Kier alpha value is -0.350. The molecule has 4 aliphatic carbocycles. The summed E-state index contributed by atoms with van der Waals surface area (Å²) in [5, 5.41) is 7.72. The molecule has 2 N–H and O–H groups in total. The van der Waals surface area contributed by atoms with Crippen molar-refractivity contribution in [3.63, 3.8) is 0 Å². The number of thiocarbonyl (C=S) groups is 1. The second-order valence-electron chi connectivity index (χ2n) is 8.12. The van der Waals surface area contributed by atoms with Crippen LogP contribution in [-0.2, 0) is 4.74 Å². The summed E-state index contributed by atoms with van der Waals surface area (Å²) in [5.74, 6) is 3.06. The SMILES string of the molecule is S=C(NCC1CCCO1)NCC12CC3CC(CC(C3)C1)C2. The molecule has 4 saturated carbocycles. The van der Waals surface area contributed by atoms with Crippen LogP contribution in [0, 0.1) is 23.2 Å². The highest BCUT2D eigenvalue weighted by molar-refractivity contribution is 7.80. The first-order chi connectivity index (χ1) is 10.2. The molecule has 5 rings (SSSR count). The van der Waals surface area contributed by atoms with Gasteiger partial charge in [-0.2, -0.15) is 0 Å². The lowest BCUT2D eigenvalue weighted by Crippen LogP contribution is -2.52. The standard InChI is InChI=1S/C17H28N2OS/c21-16(18-10-15-2-1-3-20-15)19-11-17-7-12-4-13(8-17)6-14(5-12)9-17/h12-15H,1-11H2,(H2,18,19,21). The number of hydrogen-bond acceptors (Lipinski definition) is 2. The van der Waals surface area contributed by atoms with E-state index in [1.807, 2.05) is 0 Å². The Balaban J connectivity index is 1.25. The van der Waals surface area contributed by atoms with Gasteiger partial charge in [0.15, 0.2) is 5.11 Å². The van der Waals surface area contributed by atoms with Gasteiger partial charge in [0.1, 0.15) is 0 Å². The minimum atomic E-state index is 0.365. The molecule has 1 atom stereocenters. The summed E-state index contributed by atoms with van der Waals surface area (Å²) in [7, 11) is 0. The highest BCUT2D eigenvalue weighted by Gasteiger charge is 2.50. The van der Waals surface area contributed by atoms with Gasteiger partial charge in [0.05, 0.1) is 6.10 Å². The summed E-state index contributed by atoms with van der Waals surface area (Å²) in [6.45, 7) is 2.88. The Bertz CT molecular complexity index is 370. The zero-order chi connectivity index (χ0) is 14.3. The molecule has 0 amide bonds. The highest BCUT2D eigenvalue weighted by Crippen LogP contribution is 2.59. The lowest BCUT2D eigenvalue weighted by Gasteiger charge is -2.57. The van der Waals surface area contributed by atoms with Crippen LogP contribution in [-0.4, -0.2) is 30.9 Å². The van der Waals surface area contributed by atoms with E-state index >= 15 is 0 Å². The van der Waals surface area contributed by atoms with Crippen LogP contribution in [0.4, 0.5) is 0 Å². The average molecular weight is 308 g/mol. The molecular formula is C17H28N2OS. The van der Waals surface area contributed by atoms with Gasteiger partial charge in [0.2, 0.25) is 0 Å². The Labute approximate surface area is 133 Å². The predicted octanol–water partition coefficient (Wildman–Crippen LogP) is 2.85. The minimum Gasteiger partial charge on any atom is -0.376 e. The van der Waals surface area contributed by atoms with Gasteiger partial charge in [0.25, 0.3) is 0 Å². The molecule has 0 aromatic rings. The Morgan fingerprint density at radius 2 is 1.71 bits per heavy atom. The maximum atomic E-state index is 5.63. The number of nitrogens with one attached hydrogen (secondary N) is 2. The fourth-order valence-electron chi connectivity index (χ4n) is 5.85. The van der Waals surface area contributed by atoms with Crippen molar-refractivity contribution < 1.29 is 4.74 Å². The molecule has 4 bridgehead atoms. The van der Waals surface area contributed by atoms with Crippen LogP contribution in [0.3, 0.4) is 0 Å². The van der Waals surface area contributed by atoms with Crippen molar-refractivity contribution in [2.24, 2.45) is 23.2 Å². The van der Waals surface area contributed by atoms with Crippen LogP contribution in [0.15, 0.2) is 0 Å². The van der Waals surface area contributed by atoms with Crippen LogP contribution in [0.2, 0.25) is 0 Å². The molecule has 1 unspecified atom stereocenters. The average Bonchev–Trinajstić information content (AvgIpc) is 2.95. The largest absolute Gasteiger partial charge is 0.376 e. The van der Waals surface area contributed by atoms with Crippen molar-refractivity contribution >= 4 is 17.3 Å². The van der Waals surface area contributed by atoms with Gasteiger partial charge in [-0.15, -0.1) is 0 Å². The first-order valence-electron chi connectivity index (χ1n) is 8.84. The summed E-state index contributed by atoms with van der Waals surface area (Å²) >= 11 is 5.46. The van der Waals surface area contributed by atoms with Gasteiger partial charge in [-0.25, -0.2) is 0 Å². The van der Waals surface area contributed by atoms with E-state index in [1.165, 1.54) is 51.4 Å². The van der Waals surface area contributed by atoms with Crippen molar-refractivity contribution in [3.8, 4) is 0 Å². The second kappa shape index (κ2) is 5.69. The maximum Gasteiger partial charge on any atom is 0.166 e. The van der Waals surface area contributed by atoms with E-state index in [2.05, 4.69) is 10.6 Å². The molecule has 118 valence electrons. The molecule has 3 nitrogen and oxygen atoms in total. The summed E-state index contributed by atoms with van der Waals surface area (Å²) in [6, 6.07) is 0. The van der Waals surface area contributed by atoms with Gasteiger partial charge in [-0.05, 0) is 86.8 Å².